The quantitative estimate of drug-likeness (QED) is 0.762. The number of hydrogen-bond donors (Lipinski definition) is 0. The molecule has 27 heavy (non-hydrogen) atoms. The van der Waals surface area contributed by atoms with Crippen LogP contribution in [-0.4, -0.2) is 40.4 Å². The van der Waals surface area contributed by atoms with Crippen molar-refractivity contribution in [1.29, 1.82) is 0 Å². The molecule has 140 valence electrons. The number of halogens is 1. The minimum absolute atomic E-state index is 0.109. The van der Waals surface area contributed by atoms with Crippen LogP contribution in [0.5, 0.6) is 0 Å². The summed E-state index contributed by atoms with van der Waals surface area (Å²) in [5.74, 6) is 1.30. The number of aromatic nitrogens is 2. The lowest BCUT2D eigenvalue weighted by Gasteiger charge is -2.41. The van der Waals surface area contributed by atoms with Gasteiger partial charge in [-0.3, -0.25) is 0 Å². The second-order valence-corrected chi connectivity index (χ2v) is 6.96. The number of hydrogen-bond acceptors (Lipinski definition) is 9. The number of anilines is 2. The predicted octanol–water partition coefficient (Wildman–Crippen LogP) is 2.49. The van der Waals surface area contributed by atoms with E-state index in [1.54, 1.807) is 18.5 Å². The van der Waals surface area contributed by atoms with Gasteiger partial charge in [0.1, 0.15) is 18.6 Å². The van der Waals surface area contributed by atoms with Gasteiger partial charge in [-0.25, -0.2) is 15.0 Å². The van der Waals surface area contributed by atoms with Crippen LogP contribution < -0.4 is 9.91 Å². The van der Waals surface area contributed by atoms with Gasteiger partial charge in [-0.2, -0.15) is 10.1 Å². The molecule has 3 aliphatic heterocycles. The third-order valence-electron chi connectivity index (χ3n) is 4.98. The molecular weight excluding hydrogens is 353 g/mol. The fourth-order valence-corrected chi connectivity index (χ4v) is 3.38. The number of methoxy groups -OCH3 is 1. The standard InChI is InChI=1S/C17H18FN7O2/c1-17(2,26-3)15-20-16(21-27-15)24-9-19-14-11-6-4-5-7-12(11)23-10-22(18)8-13(23)25(14)24/h4-9,14H,10H2,1-3H3. The Morgan fingerprint density at radius 3 is 2.93 bits per heavy atom. The van der Waals surface area contributed by atoms with Gasteiger partial charge in [-0.1, -0.05) is 22.7 Å². The molecule has 0 spiro atoms. The Hall–Kier alpha value is -3.14. The molecule has 2 aromatic rings. The van der Waals surface area contributed by atoms with Crippen molar-refractivity contribution in [3.63, 3.8) is 0 Å². The zero-order valence-corrected chi connectivity index (χ0v) is 15.1. The van der Waals surface area contributed by atoms with Gasteiger partial charge in [-0.05, 0) is 25.1 Å². The minimum atomic E-state index is -0.718. The zero-order chi connectivity index (χ0) is 18.8. The molecule has 1 unspecified atom stereocenters. The summed E-state index contributed by atoms with van der Waals surface area (Å²) in [6.45, 7) is 3.78. The summed E-state index contributed by atoms with van der Waals surface area (Å²) in [5, 5.41) is 8.21. The Kier molecular flexibility index (Phi) is 3.23. The number of fused-ring (bicyclic) bond motifs is 6. The Morgan fingerprint density at radius 2 is 2.11 bits per heavy atom. The first kappa shape index (κ1) is 16.1. The molecule has 0 bridgehead atoms. The normalized spacial score (nSPS) is 20.7. The van der Waals surface area contributed by atoms with E-state index >= 15 is 0 Å². The topological polar surface area (TPSA) is 73.5 Å². The molecule has 0 aliphatic carbocycles. The molecule has 3 aliphatic rings. The van der Waals surface area contributed by atoms with Crippen LogP contribution in [-0.2, 0) is 10.3 Å². The average Bonchev–Trinajstić information content (AvgIpc) is 3.38. The van der Waals surface area contributed by atoms with E-state index in [0.29, 0.717) is 22.8 Å². The highest BCUT2D eigenvalue weighted by Gasteiger charge is 2.45. The molecule has 0 saturated carbocycles. The molecule has 1 atom stereocenters. The molecule has 5 rings (SSSR count). The summed E-state index contributed by atoms with van der Waals surface area (Å²) in [6, 6.07) is 7.83. The molecule has 0 N–H and O–H groups in total. The Morgan fingerprint density at radius 1 is 1.30 bits per heavy atom. The van der Waals surface area contributed by atoms with Crippen molar-refractivity contribution in [2.24, 2.45) is 4.99 Å². The molecule has 4 heterocycles. The third-order valence-corrected chi connectivity index (χ3v) is 4.98. The first-order valence-electron chi connectivity index (χ1n) is 8.51. The van der Waals surface area contributed by atoms with E-state index in [9.17, 15) is 4.48 Å². The molecule has 1 aromatic heterocycles. The summed E-state index contributed by atoms with van der Waals surface area (Å²) >= 11 is 0. The zero-order valence-electron chi connectivity index (χ0n) is 15.1. The Balaban J connectivity index is 1.57. The molecule has 10 heteroatoms. The van der Waals surface area contributed by atoms with Crippen molar-refractivity contribution in [1.82, 2.24) is 20.3 Å². The fraction of sp³-hybridized carbons (Fsp3) is 0.353. The summed E-state index contributed by atoms with van der Waals surface area (Å²) in [6.07, 6.45) is 2.74. The van der Waals surface area contributed by atoms with Crippen molar-refractivity contribution >= 4 is 18.0 Å². The van der Waals surface area contributed by atoms with Crippen LogP contribution in [0.25, 0.3) is 0 Å². The van der Waals surface area contributed by atoms with Gasteiger partial charge >= 0.3 is 0 Å². The lowest BCUT2D eigenvalue weighted by atomic mass is 10.1. The molecule has 0 radical (unpaired) electrons. The van der Waals surface area contributed by atoms with E-state index in [2.05, 4.69) is 15.1 Å². The van der Waals surface area contributed by atoms with Gasteiger partial charge in [-0.15, -0.1) is 0 Å². The fourth-order valence-electron chi connectivity index (χ4n) is 3.38. The van der Waals surface area contributed by atoms with Crippen LogP contribution in [0.2, 0.25) is 0 Å². The maximum Gasteiger partial charge on any atom is 0.290 e. The first-order chi connectivity index (χ1) is 13.0. The van der Waals surface area contributed by atoms with Crippen LogP contribution in [0.1, 0.15) is 31.5 Å². The van der Waals surface area contributed by atoms with E-state index in [4.69, 9.17) is 9.26 Å². The van der Waals surface area contributed by atoms with E-state index < -0.39 is 5.60 Å². The maximum atomic E-state index is 14.1. The van der Waals surface area contributed by atoms with Gasteiger partial charge in [0.15, 0.2) is 12.0 Å². The van der Waals surface area contributed by atoms with Crippen LogP contribution >= 0.6 is 0 Å². The van der Waals surface area contributed by atoms with Crippen molar-refractivity contribution in [3.8, 4) is 0 Å². The van der Waals surface area contributed by atoms with Gasteiger partial charge in [0, 0.05) is 12.7 Å². The molecule has 0 saturated heterocycles. The highest BCUT2D eigenvalue weighted by Crippen LogP contribution is 2.46. The molecular formula is C17H18FN7O2. The van der Waals surface area contributed by atoms with Crippen molar-refractivity contribution in [2.75, 3.05) is 23.7 Å². The van der Waals surface area contributed by atoms with Crippen LogP contribution in [0.4, 0.5) is 16.1 Å². The van der Waals surface area contributed by atoms with E-state index in [0.717, 1.165) is 11.3 Å². The van der Waals surface area contributed by atoms with E-state index in [1.807, 2.05) is 48.0 Å². The number of benzene rings is 1. The summed E-state index contributed by atoms with van der Waals surface area (Å²) < 4.78 is 24.9. The predicted molar refractivity (Wildman–Crippen MR) is 94.7 cm³/mol. The SMILES string of the molecule is COC(C)(C)c1nc(N2C=NC3c4ccccc4N4CN(F)C=C4N32)no1. The van der Waals surface area contributed by atoms with Crippen molar-refractivity contribution < 1.29 is 13.7 Å². The lowest BCUT2D eigenvalue weighted by Crippen LogP contribution is -2.47. The van der Waals surface area contributed by atoms with E-state index in [1.165, 1.54) is 6.20 Å². The number of rotatable bonds is 3. The number of para-hydroxylation sites is 1. The summed E-state index contributed by atoms with van der Waals surface area (Å²) in [7, 11) is 1.58. The van der Waals surface area contributed by atoms with Gasteiger partial charge in [0.2, 0.25) is 0 Å². The molecule has 9 nitrogen and oxygen atoms in total. The summed E-state index contributed by atoms with van der Waals surface area (Å²) in [5.41, 5.74) is 1.19. The van der Waals surface area contributed by atoms with Crippen molar-refractivity contribution in [3.05, 3.63) is 47.7 Å². The number of nitrogens with zero attached hydrogens (tertiary/aromatic N) is 7. The second kappa shape index (κ2) is 5.43. The number of aliphatic imine (C=N–C) groups is 1. The van der Waals surface area contributed by atoms with Gasteiger partial charge in [0.25, 0.3) is 11.8 Å². The Labute approximate surface area is 154 Å². The molecule has 0 amide bonds. The smallest absolute Gasteiger partial charge is 0.290 e. The minimum Gasteiger partial charge on any atom is -0.369 e. The summed E-state index contributed by atoms with van der Waals surface area (Å²) in [4.78, 5) is 10.9. The highest BCUT2D eigenvalue weighted by atomic mass is 19.2. The van der Waals surface area contributed by atoms with Crippen LogP contribution in [0.15, 0.2) is 45.8 Å². The number of ether oxygens (including phenoxy) is 1. The average molecular weight is 371 g/mol. The maximum absolute atomic E-state index is 14.1. The number of hydrazine groups is 1. The van der Waals surface area contributed by atoms with Gasteiger partial charge < -0.3 is 14.2 Å². The third kappa shape index (κ3) is 2.23. The Bertz CT molecular complexity index is 956. The van der Waals surface area contributed by atoms with Crippen molar-refractivity contribution in [2.45, 2.75) is 25.6 Å². The van der Waals surface area contributed by atoms with Gasteiger partial charge in [0.05, 0.1) is 11.9 Å². The molecule has 1 aromatic carbocycles. The first-order valence-corrected chi connectivity index (χ1v) is 8.51. The van der Waals surface area contributed by atoms with E-state index in [-0.39, 0.29) is 12.8 Å². The molecule has 0 fully saturated rings. The van der Waals surface area contributed by atoms with Crippen LogP contribution in [0.3, 0.4) is 0 Å². The highest BCUT2D eigenvalue weighted by molar-refractivity contribution is 5.80. The lowest BCUT2D eigenvalue weighted by molar-refractivity contribution is -0.00786. The second-order valence-electron chi connectivity index (χ2n) is 6.96. The largest absolute Gasteiger partial charge is 0.369 e. The monoisotopic (exact) mass is 371 g/mol. The van der Waals surface area contributed by atoms with Crippen LogP contribution in [0, 0.1) is 0 Å².